The van der Waals surface area contributed by atoms with E-state index in [4.69, 9.17) is 40.9 Å². The maximum absolute atomic E-state index is 5.68. The predicted molar refractivity (Wildman–Crippen MR) is 89.4 cm³/mol. The molecule has 0 spiro atoms. The van der Waals surface area contributed by atoms with Crippen molar-refractivity contribution in [3.8, 4) is 0 Å². The zero-order chi connectivity index (χ0) is 17.2. The molecule has 0 aliphatic heterocycles. The van der Waals surface area contributed by atoms with Crippen molar-refractivity contribution < 1.29 is 23.7 Å². The molecule has 8 nitrogen and oxygen atoms in total. The Kier molecular flexibility index (Phi) is 16.3. The SMILES string of the molecule is CCOCCOCCOCCOCCOCC(CN)(CN)CN. The second-order valence-corrected chi connectivity index (χ2v) is 5.20. The third kappa shape index (κ3) is 12.7. The third-order valence-electron chi connectivity index (χ3n) is 3.40. The zero-order valence-corrected chi connectivity index (χ0v) is 14.5. The summed E-state index contributed by atoms with van der Waals surface area (Å²) in [7, 11) is 0. The van der Waals surface area contributed by atoms with Gasteiger partial charge in [-0.1, -0.05) is 0 Å². The molecule has 0 bridgehead atoms. The summed E-state index contributed by atoms with van der Waals surface area (Å²) in [5.74, 6) is 0. The first-order valence-electron chi connectivity index (χ1n) is 8.23. The zero-order valence-electron chi connectivity index (χ0n) is 14.5. The summed E-state index contributed by atoms with van der Waals surface area (Å²) in [6, 6.07) is 0. The van der Waals surface area contributed by atoms with Crippen molar-refractivity contribution in [2.24, 2.45) is 22.6 Å². The standard InChI is InChI=1S/C15H35N3O5/c1-2-19-3-4-20-5-6-21-7-8-22-9-10-23-14-15(11-16,12-17)13-18/h2-14,16-18H2,1H3. The van der Waals surface area contributed by atoms with Gasteiger partial charge < -0.3 is 40.9 Å². The first kappa shape index (κ1) is 22.7. The lowest BCUT2D eigenvalue weighted by molar-refractivity contribution is -0.0185. The second kappa shape index (κ2) is 16.5. The summed E-state index contributed by atoms with van der Waals surface area (Å²) in [6.07, 6.45) is 0. The Balaban J connectivity index is 3.25. The van der Waals surface area contributed by atoms with E-state index < -0.39 is 0 Å². The first-order valence-corrected chi connectivity index (χ1v) is 8.23. The largest absolute Gasteiger partial charge is 0.379 e. The molecule has 0 unspecified atom stereocenters. The summed E-state index contributed by atoms with van der Waals surface area (Å²) >= 11 is 0. The van der Waals surface area contributed by atoms with E-state index in [9.17, 15) is 0 Å². The molecule has 0 amide bonds. The normalized spacial score (nSPS) is 12.0. The van der Waals surface area contributed by atoms with E-state index in [2.05, 4.69) is 0 Å². The van der Waals surface area contributed by atoms with E-state index in [1.54, 1.807) is 0 Å². The molecular formula is C15H35N3O5. The highest BCUT2D eigenvalue weighted by molar-refractivity contribution is 4.82. The fourth-order valence-electron chi connectivity index (χ4n) is 1.64. The van der Waals surface area contributed by atoms with Gasteiger partial charge in [-0.2, -0.15) is 0 Å². The summed E-state index contributed by atoms with van der Waals surface area (Å²) in [5, 5.41) is 0. The topological polar surface area (TPSA) is 124 Å². The van der Waals surface area contributed by atoms with Gasteiger partial charge in [-0.25, -0.2) is 0 Å². The van der Waals surface area contributed by atoms with E-state index >= 15 is 0 Å². The Hall–Kier alpha value is -0.320. The Morgan fingerprint density at radius 1 is 0.565 bits per heavy atom. The van der Waals surface area contributed by atoms with Crippen LogP contribution in [0, 0.1) is 5.41 Å². The number of hydrogen-bond donors (Lipinski definition) is 3. The molecule has 0 radical (unpaired) electrons. The van der Waals surface area contributed by atoms with Gasteiger partial charge in [0.15, 0.2) is 0 Å². The fourth-order valence-corrected chi connectivity index (χ4v) is 1.64. The minimum atomic E-state index is -0.328. The summed E-state index contributed by atoms with van der Waals surface area (Å²) in [5.41, 5.74) is 16.7. The highest BCUT2D eigenvalue weighted by Crippen LogP contribution is 2.11. The van der Waals surface area contributed by atoms with Crippen LogP contribution in [-0.2, 0) is 23.7 Å². The van der Waals surface area contributed by atoms with Gasteiger partial charge in [-0.3, -0.25) is 0 Å². The van der Waals surface area contributed by atoms with Crippen molar-refractivity contribution in [1.82, 2.24) is 0 Å². The number of hydrogen-bond acceptors (Lipinski definition) is 8. The van der Waals surface area contributed by atoms with Crippen LogP contribution in [0.1, 0.15) is 6.92 Å². The second-order valence-electron chi connectivity index (χ2n) is 5.20. The lowest BCUT2D eigenvalue weighted by Crippen LogP contribution is -2.47. The van der Waals surface area contributed by atoms with Crippen molar-refractivity contribution in [3.63, 3.8) is 0 Å². The molecule has 0 fully saturated rings. The van der Waals surface area contributed by atoms with Crippen LogP contribution in [0.15, 0.2) is 0 Å². The molecule has 0 aromatic carbocycles. The molecule has 0 aromatic rings. The van der Waals surface area contributed by atoms with Gasteiger partial charge in [-0.15, -0.1) is 0 Å². The molecule has 6 N–H and O–H groups in total. The molecule has 0 atom stereocenters. The Morgan fingerprint density at radius 3 is 1.26 bits per heavy atom. The molecule has 0 heterocycles. The van der Waals surface area contributed by atoms with Crippen LogP contribution in [0.4, 0.5) is 0 Å². The molecular weight excluding hydrogens is 302 g/mol. The van der Waals surface area contributed by atoms with Crippen molar-refractivity contribution >= 4 is 0 Å². The van der Waals surface area contributed by atoms with Crippen LogP contribution in [0.25, 0.3) is 0 Å². The summed E-state index contributed by atoms with van der Waals surface area (Å²) < 4.78 is 26.8. The number of rotatable bonds is 18. The fraction of sp³-hybridized carbons (Fsp3) is 1.00. The van der Waals surface area contributed by atoms with E-state index in [1.807, 2.05) is 6.92 Å². The van der Waals surface area contributed by atoms with Gasteiger partial charge in [0.2, 0.25) is 0 Å². The maximum Gasteiger partial charge on any atom is 0.0701 e. The van der Waals surface area contributed by atoms with Gasteiger partial charge in [0.05, 0.1) is 59.5 Å². The molecule has 0 saturated carbocycles. The van der Waals surface area contributed by atoms with Gasteiger partial charge in [0, 0.05) is 31.7 Å². The first-order chi connectivity index (χ1) is 11.2. The van der Waals surface area contributed by atoms with Crippen LogP contribution >= 0.6 is 0 Å². The van der Waals surface area contributed by atoms with E-state index in [0.29, 0.717) is 85.7 Å². The van der Waals surface area contributed by atoms with Crippen LogP contribution < -0.4 is 17.2 Å². The van der Waals surface area contributed by atoms with Crippen LogP contribution in [0.2, 0.25) is 0 Å². The van der Waals surface area contributed by atoms with Gasteiger partial charge >= 0.3 is 0 Å². The molecule has 23 heavy (non-hydrogen) atoms. The predicted octanol–water partition coefficient (Wildman–Crippen LogP) is -1.05. The molecule has 0 aliphatic carbocycles. The van der Waals surface area contributed by atoms with Crippen molar-refractivity contribution in [2.45, 2.75) is 6.92 Å². The quantitative estimate of drug-likeness (QED) is 0.271. The smallest absolute Gasteiger partial charge is 0.0701 e. The molecule has 8 heteroatoms. The molecule has 0 saturated heterocycles. The van der Waals surface area contributed by atoms with Gasteiger partial charge in [-0.05, 0) is 6.92 Å². The van der Waals surface area contributed by atoms with E-state index in [1.165, 1.54) is 0 Å². The van der Waals surface area contributed by atoms with Crippen molar-refractivity contribution in [1.29, 1.82) is 0 Å². The van der Waals surface area contributed by atoms with E-state index in [0.717, 1.165) is 0 Å². The van der Waals surface area contributed by atoms with Crippen molar-refractivity contribution in [3.05, 3.63) is 0 Å². The lowest BCUT2D eigenvalue weighted by atomic mass is 9.89. The average molecular weight is 337 g/mol. The minimum absolute atomic E-state index is 0.328. The Morgan fingerprint density at radius 2 is 0.913 bits per heavy atom. The third-order valence-corrected chi connectivity index (χ3v) is 3.40. The van der Waals surface area contributed by atoms with Crippen molar-refractivity contribution in [2.75, 3.05) is 85.7 Å². The Bertz CT molecular complexity index is 235. The Labute approximate surface area is 139 Å². The maximum atomic E-state index is 5.68. The van der Waals surface area contributed by atoms with Gasteiger partial charge in [0.1, 0.15) is 0 Å². The minimum Gasteiger partial charge on any atom is -0.379 e. The highest BCUT2D eigenvalue weighted by atomic mass is 16.6. The number of nitrogens with two attached hydrogens (primary N) is 3. The molecule has 0 aliphatic rings. The number of ether oxygens (including phenoxy) is 5. The van der Waals surface area contributed by atoms with Gasteiger partial charge in [0.25, 0.3) is 0 Å². The summed E-state index contributed by atoms with van der Waals surface area (Å²) in [4.78, 5) is 0. The van der Waals surface area contributed by atoms with Crippen LogP contribution in [0.5, 0.6) is 0 Å². The summed E-state index contributed by atoms with van der Waals surface area (Å²) in [6.45, 7) is 8.77. The highest BCUT2D eigenvalue weighted by Gasteiger charge is 2.25. The molecule has 0 aromatic heterocycles. The van der Waals surface area contributed by atoms with E-state index in [-0.39, 0.29) is 5.41 Å². The molecule has 0 rings (SSSR count). The lowest BCUT2D eigenvalue weighted by Gasteiger charge is -2.28. The van der Waals surface area contributed by atoms with Crippen LogP contribution in [-0.4, -0.2) is 85.7 Å². The molecule has 140 valence electrons. The monoisotopic (exact) mass is 337 g/mol. The van der Waals surface area contributed by atoms with Crippen LogP contribution in [0.3, 0.4) is 0 Å². The average Bonchev–Trinajstić information content (AvgIpc) is 2.59.